The fourth-order valence-electron chi connectivity index (χ4n) is 3.59. The molecule has 0 atom stereocenters. The van der Waals surface area contributed by atoms with Crippen LogP contribution in [0.5, 0.6) is 0 Å². The number of rotatable bonds is 5. The lowest BCUT2D eigenvalue weighted by molar-refractivity contribution is -0.241. The predicted octanol–water partition coefficient (Wildman–Crippen LogP) is 3.50. The zero-order valence-electron chi connectivity index (χ0n) is 16.5. The van der Waals surface area contributed by atoms with E-state index in [0.717, 1.165) is 10.8 Å². The molecular formula is C19H18F4N4O3S. The summed E-state index contributed by atoms with van der Waals surface area (Å²) < 4.78 is 81.4. The Labute approximate surface area is 175 Å². The molecule has 0 aromatic carbocycles. The number of alkyl halides is 3. The highest BCUT2D eigenvalue weighted by Gasteiger charge is 2.60. The summed E-state index contributed by atoms with van der Waals surface area (Å²) in [6.45, 7) is 1.57. The Morgan fingerprint density at radius 3 is 2.52 bits per heavy atom. The lowest BCUT2D eigenvalue weighted by Crippen LogP contribution is -2.48. The highest BCUT2D eigenvalue weighted by Crippen LogP contribution is 2.54. The molecule has 1 amide bonds. The molecule has 2 aromatic heterocycles. The smallest absolute Gasteiger partial charge is 0.343 e. The quantitative estimate of drug-likeness (QED) is 0.691. The van der Waals surface area contributed by atoms with Gasteiger partial charge in [0, 0.05) is 24.6 Å². The van der Waals surface area contributed by atoms with Crippen LogP contribution in [0.4, 0.5) is 23.2 Å². The van der Waals surface area contributed by atoms with Crippen molar-refractivity contribution in [3.05, 3.63) is 41.2 Å². The third-order valence-electron chi connectivity index (χ3n) is 5.34. The van der Waals surface area contributed by atoms with Crippen LogP contribution < -0.4 is 5.32 Å². The normalized spacial score (nSPS) is 15.8. The maximum atomic E-state index is 15.0. The van der Waals surface area contributed by atoms with Crippen molar-refractivity contribution in [3.63, 3.8) is 0 Å². The van der Waals surface area contributed by atoms with Crippen LogP contribution in [0.3, 0.4) is 0 Å². The number of carbonyl (C=O) groups excluding carboxylic acids is 1. The van der Waals surface area contributed by atoms with Crippen molar-refractivity contribution < 1.29 is 30.8 Å². The van der Waals surface area contributed by atoms with E-state index in [2.05, 4.69) is 10.3 Å². The number of hydrogen-bond acceptors (Lipinski definition) is 5. The van der Waals surface area contributed by atoms with Crippen LogP contribution in [0, 0.1) is 29.5 Å². The first-order valence-corrected chi connectivity index (χ1v) is 10.8. The van der Waals surface area contributed by atoms with Gasteiger partial charge in [-0.2, -0.15) is 18.4 Å². The molecule has 2 heterocycles. The number of amides is 1. The molecule has 1 fully saturated rings. The molecule has 0 radical (unpaired) electrons. The largest absolute Gasteiger partial charge is 0.395 e. The average Bonchev–Trinajstić information content (AvgIpc) is 2.91. The van der Waals surface area contributed by atoms with Gasteiger partial charge in [-0.3, -0.25) is 4.79 Å². The first-order chi connectivity index (χ1) is 14.3. The summed E-state index contributed by atoms with van der Waals surface area (Å²) in [7, 11) is -3.46. The highest BCUT2D eigenvalue weighted by molar-refractivity contribution is 7.91. The number of nitrogens with zero attached hydrogens (tertiary/aromatic N) is 3. The van der Waals surface area contributed by atoms with E-state index in [1.807, 2.05) is 0 Å². The van der Waals surface area contributed by atoms with Crippen LogP contribution in [0.2, 0.25) is 0 Å². The van der Waals surface area contributed by atoms with E-state index in [9.17, 15) is 30.8 Å². The molecule has 0 unspecified atom stereocenters. The van der Waals surface area contributed by atoms with E-state index in [4.69, 9.17) is 5.26 Å². The number of halogens is 4. The summed E-state index contributed by atoms with van der Waals surface area (Å²) in [6, 6.07) is 4.46. The number of aromatic nitrogens is 2. The van der Waals surface area contributed by atoms with Crippen LogP contribution >= 0.6 is 0 Å². The third-order valence-corrected chi connectivity index (χ3v) is 7.23. The van der Waals surface area contributed by atoms with E-state index in [-0.39, 0.29) is 30.6 Å². The Morgan fingerprint density at radius 1 is 1.35 bits per heavy atom. The molecule has 1 aliphatic carbocycles. The second kappa shape index (κ2) is 7.64. The number of sulfone groups is 1. The number of anilines is 1. The number of nitrogens with one attached hydrogen (secondary N) is 1. The molecule has 2 aromatic rings. The summed E-state index contributed by atoms with van der Waals surface area (Å²) in [4.78, 5) is 15.5. The van der Waals surface area contributed by atoms with Crippen LogP contribution in [0.1, 0.15) is 41.1 Å². The Kier molecular flexibility index (Phi) is 5.60. The molecule has 12 heteroatoms. The molecule has 166 valence electrons. The van der Waals surface area contributed by atoms with Gasteiger partial charge >= 0.3 is 6.18 Å². The monoisotopic (exact) mass is 458 g/mol. The highest BCUT2D eigenvalue weighted by atomic mass is 32.2. The van der Waals surface area contributed by atoms with E-state index in [0.29, 0.717) is 5.69 Å². The van der Waals surface area contributed by atoms with Gasteiger partial charge in [-0.1, -0.05) is 6.42 Å². The first kappa shape index (κ1) is 22.7. The van der Waals surface area contributed by atoms with Crippen molar-refractivity contribution in [2.45, 2.75) is 37.3 Å². The van der Waals surface area contributed by atoms with Crippen LogP contribution in [-0.4, -0.2) is 35.8 Å². The number of pyridine rings is 1. The lowest BCUT2D eigenvalue weighted by Gasteiger charge is -2.42. The maximum Gasteiger partial charge on any atom is 0.395 e. The number of aryl methyl sites for hydroxylation is 2. The summed E-state index contributed by atoms with van der Waals surface area (Å²) in [5.74, 6) is -3.73. The van der Waals surface area contributed by atoms with E-state index < -0.39 is 49.5 Å². The van der Waals surface area contributed by atoms with Gasteiger partial charge in [0.15, 0.2) is 15.7 Å². The molecule has 0 spiro atoms. The van der Waals surface area contributed by atoms with Crippen molar-refractivity contribution in [2.24, 2.45) is 12.5 Å². The molecular weight excluding hydrogens is 440 g/mol. The minimum Gasteiger partial charge on any atom is -0.343 e. The van der Waals surface area contributed by atoms with Gasteiger partial charge in [0.2, 0.25) is 0 Å². The lowest BCUT2D eigenvalue weighted by atomic mass is 9.70. The van der Waals surface area contributed by atoms with Crippen molar-refractivity contribution >= 4 is 21.4 Å². The average molecular weight is 458 g/mol. The van der Waals surface area contributed by atoms with Gasteiger partial charge in [-0.25, -0.2) is 17.8 Å². The number of hydrogen-bond donors (Lipinski definition) is 1. The second-order valence-corrected chi connectivity index (χ2v) is 9.56. The van der Waals surface area contributed by atoms with Gasteiger partial charge in [-0.05, 0) is 31.9 Å². The molecule has 7 nitrogen and oxygen atoms in total. The summed E-state index contributed by atoms with van der Waals surface area (Å²) in [6.07, 6.45) is -4.40. The molecule has 0 saturated heterocycles. The zero-order valence-corrected chi connectivity index (χ0v) is 17.4. The Morgan fingerprint density at radius 2 is 2.00 bits per heavy atom. The van der Waals surface area contributed by atoms with Gasteiger partial charge < -0.3 is 9.88 Å². The number of carbonyl (C=O) groups is 1. The second-order valence-electron chi connectivity index (χ2n) is 7.61. The van der Waals surface area contributed by atoms with E-state index in [1.165, 1.54) is 19.2 Å². The van der Waals surface area contributed by atoms with E-state index in [1.54, 1.807) is 13.0 Å². The number of nitriles is 1. The molecule has 1 aliphatic rings. The molecule has 31 heavy (non-hydrogen) atoms. The summed E-state index contributed by atoms with van der Waals surface area (Å²) >= 11 is 0. The standard InChI is InChI=1S/C19H18F4N4O3S/c1-11-6-12(7-13(8-24)25-11)26-17(28)16-15(20)14(9-27(16)2)31(29,30)10-18(4-3-5-18)19(21,22)23/h6-7,9H,3-5,10H2,1-2H3,(H,25,26,28). The Balaban J connectivity index is 1.92. The SMILES string of the molecule is Cc1cc(NC(=O)c2c(F)c(S(=O)(=O)CC3(C(F)(F)F)CCC3)cn2C)cc(C#N)n1. The summed E-state index contributed by atoms with van der Waals surface area (Å²) in [5, 5.41) is 11.3. The minimum atomic E-state index is -4.73. The van der Waals surface area contributed by atoms with Gasteiger partial charge in [0.25, 0.3) is 5.91 Å². The maximum absolute atomic E-state index is 15.0. The fraction of sp³-hybridized carbons (Fsp3) is 0.421. The van der Waals surface area contributed by atoms with Gasteiger partial charge in [0.05, 0.1) is 11.2 Å². The topological polar surface area (TPSA) is 105 Å². The zero-order chi connectivity index (χ0) is 23.2. The molecule has 0 aliphatic heterocycles. The van der Waals surface area contributed by atoms with Crippen molar-refractivity contribution in [1.29, 1.82) is 5.26 Å². The van der Waals surface area contributed by atoms with E-state index >= 15 is 0 Å². The molecule has 3 rings (SSSR count). The minimum absolute atomic E-state index is 0.00358. The van der Waals surface area contributed by atoms with Crippen LogP contribution in [0.15, 0.2) is 23.2 Å². The molecule has 1 N–H and O–H groups in total. The van der Waals surface area contributed by atoms with Crippen LogP contribution in [-0.2, 0) is 16.9 Å². The van der Waals surface area contributed by atoms with Gasteiger partial charge in [0.1, 0.15) is 22.4 Å². The molecule has 1 saturated carbocycles. The first-order valence-electron chi connectivity index (χ1n) is 9.14. The summed E-state index contributed by atoms with van der Waals surface area (Å²) in [5.41, 5.74) is -2.53. The third kappa shape index (κ3) is 4.14. The van der Waals surface area contributed by atoms with Crippen molar-refractivity contribution in [1.82, 2.24) is 9.55 Å². The van der Waals surface area contributed by atoms with Crippen molar-refractivity contribution in [3.8, 4) is 6.07 Å². The molecule has 0 bridgehead atoms. The van der Waals surface area contributed by atoms with Gasteiger partial charge in [-0.15, -0.1) is 0 Å². The fourth-order valence-corrected chi connectivity index (χ4v) is 5.61. The van der Waals surface area contributed by atoms with Crippen molar-refractivity contribution in [2.75, 3.05) is 11.1 Å². The Bertz CT molecular complexity index is 1190. The van der Waals surface area contributed by atoms with Crippen LogP contribution in [0.25, 0.3) is 0 Å². The Hall–Kier alpha value is -2.94. The predicted molar refractivity (Wildman–Crippen MR) is 101 cm³/mol.